The summed E-state index contributed by atoms with van der Waals surface area (Å²) in [5, 5.41) is 18.6. The predicted molar refractivity (Wildman–Crippen MR) is 65.8 cm³/mol. The van der Waals surface area contributed by atoms with Crippen LogP contribution in [0.2, 0.25) is 0 Å². The van der Waals surface area contributed by atoms with Gasteiger partial charge >= 0.3 is 5.97 Å². The van der Waals surface area contributed by atoms with Crippen molar-refractivity contribution in [3.8, 4) is 5.75 Å². The van der Waals surface area contributed by atoms with Gasteiger partial charge in [0.2, 0.25) is 0 Å². The van der Waals surface area contributed by atoms with Crippen LogP contribution < -0.4 is 0 Å². The highest BCUT2D eigenvalue weighted by Crippen LogP contribution is 2.40. The van der Waals surface area contributed by atoms with Crippen LogP contribution in [-0.2, 0) is 10.2 Å². The van der Waals surface area contributed by atoms with Crippen molar-refractivity contribution in [2.24, 2.45) is 0 Å². The number of phenols is 1. The first-order valence-electron chi connectivity index (χ1n) is 5.06. The quantitative estimate of drug-likeness (QED) is 0.900. The highest BCUT2D eigenvalue weighted by Gasteiger charge is 2.31. The molecule has 1 aromatic rings. The lowest BCUT2D eigenvalue weighted by Gasteiger charge is -2.27. The van der Waals surface area contributed by atoms with Gasteiger partial charge in [0.15, 0.2) is 11.6 Å². The number of rotatable bonds is 3. The Bertz CT molecular complexity index is 443. The summed E-state index contributed by atoms with van der Waals surface area (Å²) >= 11 is 3.19. The van der Waals surface area contributed by atoms with E-state index in [1.807, 2.05) is 0 Å². The average molecular weight is 305 g/mol. The Labute approximate surface area is 107 Å². The van der Waals surface area contributed by atoms with Gasteiger partial charge in [0.05, 0.1) is 6.42 Å². The molecule has 0 aromatic heterocycles. The number of aromatic hydroxyl groups is 1. The summed E-state index contributed by atoms with van der Waals surface area (Å²) in [7, 11) is 0. The Balaban J connectivity index is 3.44. The second-order valence-electron chi connectivity index (χ2n) is 4.64. The second kappa shape index (κ2) is 4.64. The van der Waals surface area contributed by atoms with Crippen LogP contribution in [0.3, 0.4) is 0 Å². The molecule has 17 heavy (non-hydrogen) atoms. The van der Waals surface area contributed by atoms with Gasteiger partial charge in [-0.2, -0.15) is 0 Å². The van der Waals surface area contributed by atoms with Gasteiger partial charge in [-0.25, -0.2) is 4.39 Å². The minimum atomic E-state index is -0.991. The summed E-state index contributed by atoms with van der Waals surface area (Å²) in [6, 6.07) is 1.17. The maximum absolute atomic E-state index is 13.5. The monoisotopic (exact) mass is 304 g/mol. The van der Waals surface area contributed by atoms with E-state index in [9.17, 15) is 14.3 Å². The van der Waals surface area contributed by atoms with Crippen molar-refractivity contribution in [3.05, 3.63) is 27.5 Å². The lowest BCUT2D eigenvalue weighted by Crippen LogP contribution is -2.23. The zero-order chi connectivity index (χ0) is 13.4. The lowest BCUT2D eigenvalue weighted by molar-refractivity contribution is -0.138. The molecule has 0 aliphatic heterocycles. The van der Waals surface area contributed by atoms with Crippen LogP contribution in [0.1, 0.15) is 31.4 Å². The molecule has 0 unspecified atom stereocenters. The van der Waals surface area contributed by atoms with Crippen molar-refractivity contribution >= 4 is 21.9 Å². The Morgan fingerprint density at radius 3 is 2.53 bits per heavy atom. The van der Waals surface area contributed by atoms with Crippen molar-refractivity contribution in [1.82, 2.24) is 0 Å². The molecular weight excluding hydrogens is 291 g/mol. The number of hydrogen-bond donors (Lipinski definition) is 2. The number of aliphatic carboxylic acids is 1. The third-order valence-corrected chi connectivity index (χ3v) is 3.54. The van der Waals surface area contributed by atoms with E-state index in [2.05, 4.69) is 15.9 Å². The maximum atomic E-state index is 13.5. The van der Waals surface area contributed by atoms with Crippen LogP contribution in [0.4, 0.5) is 4.39 Å². The third-order valence-electron chi connectivity index (χ3n) is 2.72. The number of carbonyl (C=O) groups is 1. The SMILES string of the molecule is Cc1c(Br)cc(F)c(O)c1C(C)(C)CC(=O)O. The maximum Gasteiger partial charge on any atom is 0.304 e. The third kappa shape index (κ3) is 2.77. The second-order valence-corrected chi connectivity index (χ2v) is 5.50. The Hall–Kier alpha value is -1.10. The van der Waals surface area contributed by atoms with E-state index < -0.39 is 23.0 Å². The lowest BCUT2D eigenvalue weighted by atomic mass is 9.78. The molecule has 0 spiro atoms. The Morgan fingerprint density at radius 1 is 1.53 bits per heavy atom. The number of carboxylic acid groups (broad SMARTS) is 1. The van der Waals surface area contributed by atoms with Crippen LogP contribution in [0.5, 0.6) is 5.75 Å². The molecule has 5 heteroatoms. The molecule has 0 saturated carbocycles. The van der Waals surface area contributed by atoms with E-state index in [4.69, 9.17) is 5.11 Å². The topological polar surface area (TPSA) is 57.5 Å². The summed E-state index contributed by atoms with van der Waals surface area (Å²) in [6.45, 7) is 5.03. The van der Waals surface area contributed by atoms with Gasteiger partial charge in [0.25, 0.3) is 0 Å². The van der Waals surface area contributed by atoms with Crippen molar-refractivity contribution < 1.29 is 19.4 Å². The summed E-state index contributed by atoms with van der Waals surface area (Å²) in [5.41, 5.74) is 0.131. The number of benzene rings is 1. The molecule has 0 aliphatic rings. The molecule has 0 bridgehead atoms. The fraction of sp³-hybridized carbons (Fsp3) is 0.417. The molecule has 1 aromatic carbocycles. The number of phenolic OH excluding ortho intramolecular Hbond substituents is 1. The molecule has 0 fully saturated rings. The zero-order valence-electron chi connectivity index (χ0n) is 9.84. The van der Waals surface area contributed by atoms with Crippen molar-refractivity contribution in [1.29, 1.82) is 0 Å². The molecule has 0 atom stereocenters. The van der Waals surface area contributed by atoms with Crippen molar-refractivity contribution in [3.63, 3.8) is 0 Å². The first kappa shape index (κ1) is 14.0. The van der Waals surface area contributed by atoms with Gasteiger partial charge in [0, 0.05) is 15.5 Å². The standard InChI is InChI=1S/C12H14BrFO3/c1-6-7(13)4-8(14)11(17)10(6)12(2,3)5-9(15)16/h4,17H,5H2,1-3H3,(H,15,16). The summed E-state index contributed by atoms with van der Waals surface area (Å²) in [5.74, 6) is -2.22. The van der Waals surface area contributed by atoms with E-state index >= 15 is 0 Å². The predicted octanol–water partition coefficient (Wildman–Crippen LogP) is 3.35. The van der Waals surface area contributed by atoms with Crippen LogP contribution in [0, 0.1) is 12.7 Å². The first-order chi connectivity index (χ1) is 7.66. The zero-order valence-corrected chi connectivity index (χ0v) is 11.4. The molecule has 2 N–H and O–H groups in total. The van der Waals surface area contributed by atoms with E-state index in [1.54, 1.807) is 20.8 Å². The highest BCUT2D eigenvalue weighted by molar-refractivity contribution is 9.10. The summed E-state index contributed by atoms with van der Waals surface area (Å²) in [6.07, 6.45) is -0.183. The number of carboxylic acids is 1. The number of hydrogen-bond acceptors (Lipinski definition) is 2. The minimum Gasteiger partial charge on any atom is -0.505 e. The Kier molecular flexibility index (Phi) is 3.81. The smallest absolute Gasteiger partial charge is 0.304 e. The van der Waals surface area contributed by atoms with Gasteiger partial charge in [-0.15, -0.1) is 0 Å². The number of halogens is 2. The van der Waals surface area contributed by atoms with Crippen LogP contribution >= 0.6 is 15.9 Å². The largest absolute Gasteiger partial charge is 0.505 e. The average Bonchev–Trinajstić information content (AvgIpc) is 2.12. The molecule has 0 aliphatic carbocycles. The van der Waals surface area contributed by atoms with Gasteiger partial charge in [-0.3, -0.25) is 4.79 Å². The first-order valence-corrected chi connectivity index (χ1v) is 5.86. The molecule has 3 nitrogen and oxygen atoms in total. The molecular formula is C12H14BrFO3. The van der Waals surface area contributed by atoms with Gasteiger partial charge in [-0.1, -0.05) is 29.8 Å². The van der Waals surface area contributed by atoms with Gasteiger partial charge in [-0.05, 0) is 18.6 Å². The van der Waals surface area contributed by atoms with Gasteiger partial charge < -0.3 is 10.2 Å². The van der Waals surface area contributed by atoms with E-state index in [1.165, 1.54) is 6.07 Å². The van der Waals surface area contributed by atoms with E-state index in [0.717, 1.165) is 0 Å². The normalized spacial score (nSPS) is 11.6. The Morgan fingerprint density at radius 2 is 2.06 bits per heavy atom. The van der Waals surface area contributed by atoms with Gasteiger partial charge in [0.1, 0.15) is 0 Å². The molecule has 94 valence electrons. The van der Waals surface area contributed by atoms with Crippen LogP contribution in [0.15, 0.2) is 10.5 Å². The van der Waals surface area contributed by atoms with Crippen molar-refractivity contribution in [2.75, 3.05) is 0 Å². The van der Waals surface area contributed by atoms with Crippen molar-refractivity contribution in [2.45, 2.75) is 32.6 Å². The summed E-state index contributed by atoms with van der Waals surface area (Å²) < 4.78 is 14.0. The minimum absolute atomic E-state index is 0.183. The fourth-order valence-electron chi connectivity index (χ4n) is 2.00. The van der Waals surface area contributed by atoms with E-state index in [0.29, 0.717) is 15.6 Å². The summed E-state index contributed by atoms with van der Waals surface area (Å²) in [4.78, 5) is 10.8. The fourth-order valence-corrected chi connectivity index (χ4v) is 2.40. The van der Waals surface area contributed by atoms with Crippen LogP contribution in [-0.4, -0.2) is 16.2 Å². The molecule has 1 rings (SSSR count). The highest BCUT2D eigenvalue weighted by atomic mass is 79.9. The molecule has 0 saturated heterocycles. The van der Waals surface area contributed by atoms with Crippen LogP contribution in [0.25, 0.3) is 0 Å². The molecule has 0 heterocycles. The molecule has 0 radical (unpaired) electrons. The van der Waals surface area contributed by atoms with E-state index in [-0.39, 0.29) is 6.42 Å². The molecule has 0 amide bonds.